The molecule has 2 fully saturated rings. The van der Waals surface area contributed by atoms with E-state index in [0.29, 0.717) is 0 Å². The molecule has 0 aliphatic heterocycles. The van der Waals surface area contributed by atoms with E-state index in [0.717, 1.165) is 23.7 Å². The first kappa shape index (κ1) is 16.6. The van der Waals surface area contributed by atoms with Gasteiger partial charge in [-0.1, -0.05) is 56.2 Å². The smallest absolute Gasteiger partial charge is 0.0203 e. The van der Waals surface area contributed by atoms with Gasteiger partial charge in [0.15, 0.2) is 0 Å². The fourth-order valence-corrected chi connectivity index (χ4v) is 4.19. The van der Waals surface area contributed by atoms with Crippen LogP contribution in [0.5, 0.6) is 0 Å². The van der Waals surface area contributed by atoms with Crippen molar-refractivity contribution < 1.29 is 0 Å². The third-order valence-corrected chi connectivity index (χ3v) is 5.82. The Kier molecular flexibility index (Phi) is 6.80. The predicted molar refractivity (Wildman–Crippen MR) is 94.3 cm³/mol. The standard InChI is InChI=1S/C21H34/c1-4-5-6-7-8-19-11-15-21(16-12-19)18(3)20-13-9-17(2)10-14-20/h4-7,17,19-21H,3,8-16H2,1-2H3/b5-4+,7-6+. The average molecular weight is 287 g/mol. The summed E-state index contributed by atoms with van der Waals surface area (Å²) >= 11 is 0. The average Bonchev–Trinajstić information content (AvgIpc) is 2.52. The van der Waals surface area contributed by atoms with E-state index in [-0.39, 0.29) is 0 Å². The highest BCUT2D eigenvalue weighted by atomic mass is 14.3. The largest absolute Gasteiger partial charge is 0.0993 e. The van der Waals surface area contributed by atoms with Gasteiger partial charge in [0.2, 0.25) is 0 Å². The van der Waals surface area contributed by atoms with E-state index in [1.54, 1.807) is 5.57 Å². The van der Waals surface area contributed by atoms with Crippen molar-refractivity contribution in [2.45, 2.75) is 71.6 Å². The van der Waals surface area contributed by atoms with E-state index in [1.165, 1.54) is 57.8 Å². The maximum atomic E-state index is 4.52. The summed E-state index contributed by atoms with van der Waals surface area (Å²) < 4.78 is 0. The Balaban J connectivity index is 1.72. The number of hydrogen-bond donors (Lipinski definition) is 0. The third kappa shape index (κ3) is 5.16. The van der Waals surface area contributed by atoms with E-state index in [9.17, 15) is 0 Å². The maximum Gasteiger partial charge on any atom is -0.0203 e. The SMILES string of the molecule is C=C(C1CCC(C)CC1)C1CCC(C/C=C/C=C/C)CC1. The number of allylic oxidation sites excluding steroid dienone is 5. The predicted octanol–water partition coefficient (Wildman–Crippen LogP) is 6.70. The van der Waals surface area contributed by atoms with E-state index in [2.05, 4.69) is 44.7 Å². The van der Waals surface area contributed by atoms with Crippen LogP contribution in [0.1, 0.15) is 71.6 Å². The molecule has 2 aliphatic carbocycles. The van der Waals surface area contributed by atoms with Crippen LogP contribution < -0.4 is 0 Å². The molecule has 0 N–H and O–H groups in total. The van der Waals surface area contributed by atoms with Crippen molar-refractivity contribution in [3.63, 3.8) is 0 Å². The molecule has 0 radical (unpaired) electrons. The number of rotatable bonds is 5. The lowest BCUT2D eigenvalue weighted by molar-refractivity contribution is 0.258. The molecule has 0 spiro atoms. The Labute approximate surface area is 132 Å². The van der Waals surface area contributed by atoms with E-state index in [4.69, 9.17) is 0 Å². The molecule has 2 saturated carbocycles. The van der Waals surface area contributed by atoms with Gasteiger partial charge in [-0.05, 0) is 75.5 Å². The summed E-state index contributed by atoms with van der Waals surface area (Å²) in [5.74, 6) is 3.55. The van der Waals surface area contributed by atoms with Crippen molar-refractivity contribution in [3.8, 4) is 0 Å². The Hall–Kier alpha value is -0.780. The van der Waals surface area contributed by atoms with Crippen molar-refractivity contribution in [1.29, 1.82) is 0 Å². The number of hydrogen-bond acceptors (Lipinski definition) is 0. The van der Waals surface area contributed by atoms with Gasteiger partial charge in [-0.2, -0.15) is 0 Å². The minimum atomic E-state index is 0.833. The summed E-state index contributed by atoms with van der Waals surface area (Å²) in [5.41, 5.74) is 1.62. The summed E-state index contributed by atoms with van der Waals surface area (Å²) in [7, 11) is 0. The van der Waals surface area contributed by atoms with Crippen LogP contribution in [-0.2, 0) is 0 Å². The lowest BCUT2D eigenvalue weighted by Gasteiger charge is -2.35. The molecular weight excluding hydrogens is 252 g/mol. The third-order valence-electron chi connectivity index (χ3n) is 5.82. The lowest BCUT2D eigenvalue weighted by Crippen LogP contribution is -2.22. The first-order valence-corrected chi connectivity index (χ1v) is 9.17. The Morgan fingerprint density at radius 1 is 0.905 bits per heavy atom. The minimum Gasteiger partial charge on any atom is -0.0993 e. The highest BCUT2D eigenvalue weighted by molar-refractivity contribution is 5.08. The fourth-order valence-electron chi connectivity index (χ4n) is 4.19. The van der Waals surface area contributed by atoms with Crippen molar-refractivity contribution in [1.82, 2.24) is 0 Å². The second-order valence-corrected chi connectivity index (χ2v) is 7.44. The highest BCUT2D eigenvalue weighted by Crippen LogP contribution is 2.41. The van der Waals surface area contributed by atoms with Crippen LogP contribution >= 0.6 is 0 Å². The van der Waals surface area contributed by atoms with Crippen LogP contribution in [-0.4, -0.2) is 0 Å². The Bertz CT molecular complexity index is 357. The minimum absolute atomic E-state index is 0.833. The van der Waals surface area contributed by atoms with Crippen LogP contribution in [0.25, 0.3) is 0 Å². The monoisotopic (exact) mass is 286 g/mol. The van der Waals surface area contributed by atoms with Crippen molar-refractivity contribution in [2.24, 2.45) is 23.7 Å². The quantitative estimate of drug-likeness (QED) is 0.390. The second-order valence-electron chi connectivity index (χ2n) is 7.44. The van der Waals surface area contributed by atoms with Crippen LogP contribution in [0.4, 0.5) is 0 Å². The van der Waals surface area contributed by atoms with Crippen molar-refractivity contribution in [3.05, 3.63) is 36.5 Å². The molecule has 2 aliphatic rings. The van der Waals surface area contributed by atoms with Gasteiger partial charge in [0, 0.05) is 0 Å². The zero-order valence-corrected chi connectivity index (χ0v) is 14.2. The molecule has 0 saturated heterocycles. The molecule has 0 nitrogen and oxygen atoms in total. The first-order chi connectivity index (χ1) is 10.2. The molecule has 0 aromatic heterocycles. The molecule has 0 aromatic carbocycles. The molecular formula is C21H34. The first-order valence-electron chi connectivity index (χ1n) is 9.17. The Morgan fingerprint density at radius 3 is 2.05 bits per heavy atom. The van der Waals surface area contributed by atoms with E-state index < -0.39 is 0 Å². The van der Waals surface area contributed by atoms with E-state index in [1.807, 2.05) is 0 Å². The molecule has 0 unspecified atom stereocenters. The normalized spacial score (nSPS) is 34.6. The van der Waals surface area contributed by atoms with Crippen molar-refractivity contribution >= 4 is 0 Å². The summed E-state index contributed by atoms with van der Waals surface area (Å²) in [5, 5.41) is 0. The van der Waals surface area contributed by atoms with Gasteiger partial charge in [-0.15, -0.1) is 0 Å². The van der Waals surface area contributed by atoms with Crippen LogP contribution in [0.2, 0.25) is 0 Å². The summed E-state index contributed by atoms with van der Waals surface area (Å²) in [6, 6.07) is 0. The van der Waals surface area contributed by atoms with Crippen LogP contribution in [0, 0.1) is 23.7 Å². The molecule has 21 heavy (non-hydrogen) atoms. The summed E-state index contributed by atoms with van der Waals surface area (Å²) in [6.07, 6.45) is 21.3. The molecule has 0 heterocycles. The molecule has 0 heteroatoms. The van der Waals surface area contributed by atoms with Gasteiger partial charge in [-0.3, -0.25) is 0 Å². The van der Waals surface area contributed by atoms with Gasteiger partial charge in [0.25, 0.3) is 0 Å². The van der Waals surface area contributed by atoms with Crippen LogP contribution in [0.15, 0.2) is 36.5 Å². The van der Waals surface area contributed by atoms with Gasteiger partial charge < -0.3 is 0 Å². The zero-order valence-electron chi connectivity index (χ0n) is 14.2. The highest BCUT2D eigenvalue weighted by Gasteiger charge is 2.28. The van der Waals surface area contributed by atoms with Gasteiger partial charge in [0.1, 0.15) is 0 Å². The zero-order chi connectivity index (χ0) is 15.1. The topological polar surface area (TPSA) is 0 Å². The molecule has 0 aromatic rings. The molecule has 0 amide bonds. The van der Waals surface area contributed by atoms with Gasteiger partial charge in [-0.25, -0.2) is 0 Å². The molecule has 118 valence electrons. The van der Waals surface area contributed by atoms with Crippen molar-refractivity contribution in [2.75, 3.05) is 0 Å². The molecule has 0 atom stereocenters. The second kappa shape index (κ2) is 8.61. The summed E-state index contributed by atoms with van der Waals surface area (Å²) in [4.78, 5) is 0. The van der Waals surface area contributed by atoms with Gasteiger partial charge >= 0.3 is 0 Å². The lowest BCUT2D eigenvalue weighted by atomic mass is 9.70. The Morgan fingerprint density at radius 2 is 1.48 bits per heavy atom. The maximum absolute atomic E-state index is 4.52. The molecule has 2 rings (SSSR count). The summed E-state index contributed by atoms with van der Waals surface area (Å²) in [6.45, 7) is 9.00. The van der Waals surface area contributed by atoms with Crippen LogP contribution in [0.3, 0.4) is 0 Å². The van der Waals surface area contributed by atoms with E-state index >= 15 is 0 Å². The fraction of sp³-hybridized carbons (Fsp3) is 0.714. The van der Waals surface area contributed by atoms with Gasteiger partial charge in [0.05, 0.1) is 0 Å². The molecule has 0 bridgehead atoms.